The second kappa shape index (κ2) is 8.65. The van der Waals surface area contributed by atoms with Gasteiger partial charge in [0, 0.05) is 5.92 Å². The van der Waals surface area contributed by atoms with E-state index >= 15 is 0 Å². The fraction of sp³-hybridized carbons (Fsp3) is 0.750. The molecule has 0 aliphatic heterocycles. The van der Waals surface area contributed by atoms with E-state index in [9.17, 15) is 0 Å². The monoisotopic (exact) mass is 165 g/mol. The van der Waals surface area contributed by atoms with Gasteiger partial charge in [-0.1, -0.05) is 51.9 Å². The first kappa shape index (κ1) is 11.6. The maximum atomic E-state index is 5.41. The number of rotatable bonds is 7. The Morgan fingerprint density at radius 2 is 1.58 bits per heavy atom. The molecule has 0 aromatic heterocycles. The first-order valence-corrected chi connectivity index (χ1v) is 5.16. The van der Waals surface area contributed by atoms with Crippen molar-refractivity contribution in [2.45, 2.75) is 58.8 Å². The van der Waals surface area contributed by atoms with Crippen LogP contribution in [0.15, 0.2) is 0 Å². The minimum Gasteiger partial charge on any atom is -0.119 e. The second-order valence-electron chi connectivity index (χ2n) is 3.31. The van der Waals surface area contributed by atoms with E-state index in [1.165, 1.54) is 38.0 Å². The summed E-state index contributed by atoms with van der Waals surface area (Å²) in [5.74, 6) is 4.14. The van der Waals surface area contributed by atoms with Crippen molar-refractivity contribution in [3.63, 3.8) is 0 Å². The topological polar surface area (TPSA) is 0 Å². The van der Waals surface area contributed by atoms with Gasteiger partial charge in [-0.2, -0.15) is 0 Å². The number of hydrogen-bond acceptors (Lipinski definition) is 0. The van der Waals surface area contributed by atoms with Gasteiger partial charge in [0.2, 0.25) is 0 Å². The summed E-state index contributed by atoms with van der Waals surface area (Å²) < 4.78 is 0. The van der Waals surface area contributed by atoms with E-state index in [1.54, 1.807) is 0 Å². The average Bonchev–Trinajstić information content (AvgIpc) is 2.11. The van der Waals surface area contributed by atoms with E-state index in [4.69, 9.17) is 6.42 Å². The molecular weight excluding hydrogens is 144 g/mol. The lowest BCUT2D eigenvalue weighted by molar-refractivity contribution is 0.644. The zero-order valence-electron chi connectivity index (χ0n) is 8.53. The summed E-state index contributed by atoms with van der Waals surface area (Å²) in [5, 5.41) is 0. The van der Waals surface area contributed by atoms with Gasteiger partial charge in [0.15, 0.2) is 0 Å². The molecule has 0 N–H and O–H groups in total. The number of unbranched alkanes of at least 4 members (excludes halogenated alkanes) is 3. The first-order chi connectivity index (χ1) is 5.85. The van der Waals surface area contributed by atoms with Crippen LogP contribution in [0.3, 0.4) is 0 Å². The van der Waals surface area contributed by atoms with Crippen molar-refractivity contribution in [3.8, 4) is 12.3 Å². The van der Waals surface area contributed by atoms with Crippen molar-refractivity contribution < 1.29 is 0 Å². The Morgan fingerprint density at radius 1 is 1.00 bits per heavy atom. The van der Waals surface area contributed by atoms with Crippen LogP contribution in [0.4, 0.5) is 0 Å². The third-order valence-corrected chi connectivity index (χ3v) is 2.12. The molecule has 0 nitrogen and oxygen atoms in total. The van der Waals surface area contributed by atoms with Crippen LogP contribution in [0.25, 0.3) is 0 Å². The molecule has 0 aliphatic rings. The molecule has 0 aliphatic carbocycles. The summed E-state index contributed by atoms with van der Waals surface area (Å²) in [4.78, 5) is 0. The van der Waals surface area contributed by atoms with Gasteiger partial charge in [-0.05, 0) is 12.8 Å². The highest BCUT2D eigenvalue weighted by Crippen LogP contribution is 2.17. The zero-order chi connectivity index (χ0) is 9.23. The molecular formula is C12H21. The Balaban J connectivity index is 3.35. The Hall–Kier alpha value is -0.440. The molecule has 0 rings (SSSR count). The summed E-state index contributed by atoms with van der Waals surface area (Å²) in [5.41, 5.74) is 0. The van der Waals surface area contributed by atoms with Crippen molar-refractivity contribution >= 4 is 0 Å². The fourth-order valence-electron chi connectivity index (χ4n) is 1.25. The standard InChI is InChI=1S/C12H21/c1-4-7-9-11-12(6-3)10-8-5-2/h3H,4-5,7-11H2,1-2H3. The summed E-state index contributed by atoms with van der Waals surface area (Å²) in [6.07, 6.45) is 14.1. The predicted molar refractivity (Wildman–Crippen MR) is 55.7 cm³/mol. The summed E-state index contributed by atoms with van der Waals surface area (Å²) in [6, 6.07) is 0. The molecule has 0 fully saturated rings. The normalized spacial score (nSPS) is 10.2. The molecule has 0 aromatic carbocycles. The lowest BCUT2D eigenvalue weighted by Gasteiger charge is -2.07. The van der Waals surface area contributed by atoms with Gasteiger partial charge in [-0.25, -0.2) is 0 Å². The quantitative estimate of drug-likeness (QED) is 0.395. The Labute approximate surface area is 77.8 Å². The molecule has 0 unspecified atom stereocenters. The van der Waals surface area contributed by atoms with E-state index in [2.05, 4.69) is 19.8 Å². The van der Waals surface area contributed by atoms with Crippen LogP contribution in [0.1, 0.15) is 58.8 Å². The van der Waals surface area contributed by atoms with Gasteiger partial charge in [-0.15, -0.1) is 6.42 Å². The lowest BCUT2D eigenvalue weighted by Crippen LogP contribution is -1.94. The lowest BCUT2D eigenvalue weighted by atomic mass is 9.96. The Kier molecular flexibility index (Phi) is 8.34. The second-order valence-corrected chi connectivity index (χ2v) is 3.31. The van der Waals surface area contributed by atoms with Gasteiger partial charge >= 0.3 is 0 Å². The first-order valence-electron chi connectivity index (χ1n) is 5.16. The van der Waals surface area contributed by atoms with Crippen molar-refractivity contribution in [1.82, 2.24) is 0 Å². The van der Waals surface area contributed by atoms with Crippen LogP contribution in [-0.2, 0) is 0 Å². The SMILES string of the molecule is C#C[C](CCCC)CCCCC. The maximum absolute atomic E-state index is 5.41. The predicted octanol–water partition coefficient (Wildman–Crippen LogP) is 3.96. The van der Waals surface area contributed by atoms with Crippen molar-refractivity contribution in [1.29, 1.82) is 0 Å². The van der Waals surface area contributed by atoms with Crippen LogP contribution in [0.2, 0.25) is 0 Å². The molecule has 69 valence electrons. The molecule has 0 amide bonds. The molecule has 0 saturated carbocycles. The molecule has 0 heterocycles. The van der Waals surface area contributed by atoms with Gasteiger partial charge in [0.1, 0.15) is 0 Å². The molecule has 0 heteroatoms. The fourth-order valence-corrected chi connectivity index (χ4v) is 1.25. The smallest absolute Gasteiger partial charge is 0.0477 e. The van der Waals surface area contributed by atoms with Gasteiger partial charge in [-0.3, -0.25) is 0 Å². The average molecular weight is 165 g/mol. The van der Waals surface area contributed by atoms with E-state index in [-0.39, 0.29) is 0 Å². The molecule has 0 atom stereocenters. The van der Waals surface area contributed by atoms with Gasteiger partial charge in [0.25, 0.3) is 0 Å². The highest BCUT2D eigenvalue weighted by Gasteiger charge is 2.03. The highest BCUT2D eigenvalue weighted by atomic mass is 14.1. The van der Waals surface area contributed by atoms with Crippen LogP contribution in [0.5, 0.6) is 0 Å². The number of terminal acetylenes is 1. The molecule has 0 spiro atoms. The molecule has 12 heavy (non-hydrogen) atoms. The van der Waals surface area contributed by atoms with Crippen LogP contribution in [-0.4, -0.2) is 0 Å². The minimum atomic E-state index is 1.15. The van der Waals surface area contributed by atoms with Crippen LogP contribution < -0.4 is 0 Å². The van der Waals surface area contributed by atoms with Gasteiger partial charge in [0.05, 0.1) is 0 Å². The van der Waals surface area contributed by atoms with Crippen molar-refractivity contribution in [2.24, 2.45) is 0 Å². The third-order valence-electron chi connectivity index (χ3n) is 2.12. The summed E-state index contributed by atoms with van der Waals surface area (Å²) in [6.45, 7) is 4.43. The van der Waals surface area contributed by atoms with E-state index < -0.39 is 0 Å². The van der Waals surface area contributed by atoms with Crippen LogP contribution in [0, 0.1) is 18.3 Å². The summed E-state index contributed by atoms with van der Waals surface area (Å²) >= 11 is 0. The van der Waals surface area contributed by atoms with Crippen molar-refractivity contribution in [3.05, 3.63) is 5.92 Å². The zero-order valence-corrected chi connectivity index (χ0v) is 8.53. The summed E-state index contributed by atoms with van der Waals surface area (Å²) in [7, 11) is 0. The van der Waals surface area contributed by atoms with Crippen molar-refractivity contribution in [2.75, 3.05) is 0 Å². The van der Waals surface area contributed by atoms with Crippen LogP contribution >= 0.6 is 0 Å². The van der Waals surface area contributed by atoms with E-state index in [1.807, 2.05) is 0 Å². The van der Waals surface area contributed by atoms with E-state index in [0.29, 0.717) is 0 Å². The number of hydrogen-bond donors (Lipinski definition) is 0. The third kappa shape index (κ3) is 6.28. The molecule has 0 bridgehead atoms. The molecule has 1 radical (unpaired) electrons. The maximum Gasteiger partial charge on any atom is 0.0477 e. The Morgan fingerprint density at radius 3 is 2.08 bits per heavy atom. The Bertz CT molecular complexity index is 118. The minimum absolute atomic E-state index is 1.15. The highest BCUT2D eigenvalue weighted by molar-refractivity contribution is 5.16. The van der Waals surface area contributed by atoms with E-state index in [0.717, 1.165) is 12.8 Å². The largest absolute Gasteiger partial charge is 0.119 e. The molecule has 0 aromatic rings. The molecule has 0 saturated heterocycles. The van der Waals surface area contributed by atoms with Gasteiger partial charge < -0.3 is 0 Å².